The second kappa shape index (κ2) is 6.91. The van der Waals surface area contributed by atoms with Crippen molar-refractivity contribution in [1.82, 2.24) is 14.9 Å². The molecule has 2 heterocycles. The zero-order chi connectivity index (χ0) is 14.5. The Morgan fingerprint density at radius 1 is 1.29 bits per heavy atom. The molecule has 3 rings (SSSR count). The third-order valence-corrected chi connectivity index (χ3v) is 4.52. The first-order valence-electron chi connectivity index (χ1n) is 7.21. The number of benzene rings is 1. The van der Waals surface area contributed by atoms with Gasteiger partial charge in [-0.25, -0.2) is 9.97 Å². The quantitative estimate of drug-likeness (QED) is 0.860. The van der Waals surface area contributed by atoms with E-state index in [1.165, 1.54) is 10.5 Å². The Hall–Kier alpha value is -1.59. The molecule has 5 heteroatoms. The molecular formula is C16H20N4S. The van der Waals surface area contributed by atoms with Crippen LogP contribution in [0.5, 0.6) is 0 Å². The fourth-order valence-electron chi connectivity index (χ4n) is 2.67. The maximum absolute atomic E-state index is 4.23. The number of aromatic nitrogens is 2. The molecule has 0 spiro atoms. The van der Waals surface area contributed by atoms with E-state index in [0.29, 0.717) is 6.04 Å². The predicted molar refractivity (Wildman–Crippen MR) is 87.6 cm³/mol. The Labute approximate surface area is 130 Å². The van der Waals surface area contributed by atoms with Gasteiger partial charge in [-0.1, -0.05) is 12.1 Å². The first-order chi connectivity index (χ1) is 10.3. The SMILES string of the molecule is CSc1ccc(CN2CCC(Nc3ccncn3)C2)cc1. The van der Waals surface area contributed by atoms with Crippen molar-refractivity contribution in [2.24, 2.45) is 0 Å². The van der Waals surface area contributed by atoms with Crippen molar-refractivity contribution in [2.75, 3.05) is 24.7 Å². The summed E-state index contributed by atoms with van der Waals surface area (Å²) in [6, 6.07) is 11.3. The first kappa shape index (κ1) is 14.4. The maximum Gasteiger partial charge on any atom is 0.129 e. The molecule has 1 aromatic heterocycles. The number of hydrogen-bond acceptors (Lipinski definition) is 5. The van der Waals surface area contributed by atoms with Crippen LogP contribution in [0.2, 0.25) is 0 Å². The molecule has 2 aromatic rings. The van der Waals surface area contributed by atoms with Gasteiger partial charge in [0.25, 0.3) is 0 Å². The Morgan fingerprint density at radius 2 is 2.14 bits per heavy atom. The third-order valence-electron chi connectivity index (χ3n) is 3.77. The van der Waals surface area contributed by atoms with Crippen molar-refractivity contribution in [3.05, 3.63) is 48.4 Å². The molecule has 1 N–H and O–H groups in total. The molecule has 1 fully saturated rings. The molecule has 0 aliphatic carbocycles. The molecule has 4 nitrogen and oxygen atoms in total. The monoisotopic (exact) mass is 300 g/mol. The molecule has 110 valence electrons. The van der Waals surface area contributed by atoms with E-state index >= 15 is 0 Å². The number of nitrogens with one attached hydrogen (secondary N) is 1. The Balaban J connectivity index is 1.52. The lowest BCUT2D eigenvalue weighted by atomic mass is 10.2. The zero-order valence-corrected chi connectivity index (χ0v) is 13.0. The van der Waals surface area contributed by atoms with Gasteiger partial charge in [0.05, 0.1) is 0 Å². The van der Waals surface area contributed by atoms with Gasteiger partial charge in [-0.15, -0.1) is 11.8 Å². The van der Waals surface area contributed by atoms with Crippen molar-refractivity contribution in [3.8, 4) is 0 Å². The lowest BCUT2D eigenvalue weighted by molar-refractivity contribution is 0.328. The van der Waals surface area contributed by atoms with Crippen LogP contribution in [0.4, 0.5) is 5.82 Å². The molecule has 1 saturated heterocycles. The fraction of sp³-hybridized carbons (Fsp3) is 0.375. The van der Waals surface area contributed by atoms with Gasteiger partial charge in [-0.05, 0) is 36.4 Å². The number of hydrogen-bond donors (Lipinski definition) is 1. The third kappa shape index (κ3) is 3.95. The van der Waals surface area contributed by atoms with Crippen molar-refractivity contribution < 1.29 is 0 Å². The maximum atomic E-state index is 4.23. The van der Waals surface area contributed by atoms with Gasteiger partial charge >= 0.3 is 0 Å². The van der Waals surface area contributed by atoms with Crippen molar-refractivity contribution >= 4 is 17.6 Å². The van der Waals surface area contributed by atoms with E-state index in [2.05, 4.69) is 50.7 Å². The number of likely N-dealkylation sites (tertiary alicyclic amines) is 1. The second-order valence-corrected chi connectivity index (χ2v) is 6.19. The summed E-state index contributed by atoms with van der Waals surface area (Å²) in [5.74, 6) is 0.918. The summed E-state index contributed by atoms with van der Waals surface area (Å²) in [5, 5.41) is 3.48. The van der Waals surface area contributed by atoms with E-state index in [1.807, 2.05) is 6.07 Å². The van der Waals surface area contributed by atoms with Gasteiger partial charge in [-0.2, -0.15) is 0 Å². The summed E-state index contributed by atoms with van der Waals surface area (Å²) in [7, 11) is 0. The summed E-state index contributed by atoms with van der Waals surface area (Å²) in [6.07, 6.45) is 6.63. The smallest absolute Gasteiger partial charge is 0.129 e. The van der Waals surface area contributed by atoms with Crippen molar-refractivity contribution in [3.63, 3.8) is 0 Å². The van der Waals surface area contributed by atoms with Crippen LogP contribution in [0, 0.1) is 0 Å². The molecule has 1 aliphatic heterocycles. The van der Waals surface area contributed by atoms with Crippen LogP contribution in [0.15, 0.2) is 47.8 Å². The highest BCUT2D eigenvalue weighted by Gasteiger charge is 2.22. The van der Waals surface area contributed by atoms with Crippen LogP contribution in [0.25, 0.3) is 0 Å². The van der Waals surface area contributed by atoms with Gasteiger partial charge in [0.2, 0.25) is 0 Å². The van der Waals surface area contributed by atoms with E-state index in [9.17, 15) is 0 Å². The summed E-state index contributed by atoms with van der Waals surface area (Å²) < 4.78 is 0. The van der Waals surface area contributed by atoms with Crippen LogP contribution in [-0.2, 0) is 6.54 Å². The lowest BCUT2D eigenvalue weighted by Gasteiger charge is -2.17. The molecule has 0 saturated carbocycles. The summed E-state index contributed by atoms with van der Waals surface area (Å²) >= 11 is 1.79. The zero-order valence-electron chi connectivity index (χ0n) is 12.2. The van der Waals surface area contributed by atoms with E-state index in [1.54, 1.807) is 24.3 Å². The fourth-order valence-corrected chi connectivity index (χ4v) is 3.08. The predicted octanol–water partition coefficient (Wildman–Crippen LogP) is 2.88. The highest BCUT2D eigenvalue weighted by molar-refractivity contribution is 7.98. The number of anilines is 1. The normalized spacial score (nSPS) is 18.8. The van der Waals surface area contributed by atoms with E-state index in [4.69, 9.17) is 0 Å². The van der Waals surface area contributed by atoms with Gasteiger partial charge in [-0.3, -0.25) is 4.90 Å². The molecule has 0 bridgehead atoms. The van der Waals surface area contributed by atoms with Crippen molar-refractivity contribution in [1.29, 1.82) is 0 Å². The minimum Gasteiger partial charge on any atom is -0.366 e. The standard InChI is InChI=1S/C16H20N4S/c1-21-15-4-2-13(3-5-15)10-20-9-7-14(11-20)19-16-6-8-17-12-18-16/h2-6,8,12,14H,7,9-11H2,1H3,(H,17,18,19). The molecule has 1 aromatic carbocycles. The largest absolute Gasteiger partial charge is 0.366 e. The summed E-state index contributed by atoms with van der Waals surface area (Å²) in [4.78, 5) is 12.0. The van der Waals surface area contributed by atoms with Crippen molar-refractivity contribution in [2.45, 2.75) is 23.9 Å². The van der Waals surface area contributed by atoms with Gasteiger partial charge in [0.1, 0.15) is 12.1 Å². The topological polar surface area (TPSA) is 41.0 Å². The average Bonchev–Trinajstić information content (AvgIpc) is 2.96. The minimum atomic E-state index is 0.477. The lowest BCUT2D eigenvalue weighted by Crippen LogP contribution is -2.26. The molecule has 1 atom stereocenters. The average molecular weight is 300 g/mol. The van der Waals surface area contributed by atoms with Gasteiger partial charge in [0.15, 0.2) is 0 Å². The van der Waals surface area contributed by atoms with Crippen LogP contribution in [0.3, 0.4) is 0 Å². The molecule has 1 unspecified atom stereocenters. The molecule has 0 radical (unpaired) electrons. The molecule has 0 amide bonds. The Kier molecular flexibility index (Phi) is 4.72. The number of nitrogens with zero attached hydrogens (tertiary/aromatic N) is 3. The van der Waals surface area contributed by atoms with Crippen LogP contribution >= 0.6 is 11.8 Å². The molecule has 1 aliphatic rings. The Morgan fingerprint density at radius 3 is 2.86 bits per heavy atom. The van der Waals surface area contributed by atoms with E-state index in [0.717, 1.165) is 31.9 Å². The number of rotatable bonds is 5. The second-order valence-electron chi connectivity index (χ2n) is 5.31. The first-order valence-corrected chi connectivity index (χ1v) is 8.44. The molecule has 21 heavy (non-hydrogen) atoms. The van der Waals surface area contributed by atoms with E-state index < -0.39 is 0 Å². The van der Waals surface area contributed by atoms with Gasteiger partial charge < -0.3 is 5.32 Å². The highest BCUT2D eigenvalue weighted by Crippen LogP contribution is 2.19. The molecular weight excluding hydrogens is 280 g/mol. The van der Waals surface area contributed by atoms with Gasteiger partial charge in [0, 0.05) is 36.8 Å². The Bertz CT molecular complexity index is 558. The highest BCUT2D eigenvalue weighted by atomic mass is 32.2. The van der Waals surface area contributed by atoms with Crippen LogP contribution in [-0.4, -0.2) is 40.3 Å². The summed E-state index contributed by atoms with van der Waals surface area (Å²) in [5.41, 5.74) is 1.38. The number of thioether (sulfide) groups is 1. The minimum absolute atomic E-state index is 0.477. The summed E-state index contributed by atoms with van der Waals surface area (Å²) in [6.45, 7) is 3.22. The van der Waals surface area contributed by atoms with Crippen LogP contribution < -0.4 is 5.32 Å². The van der Waals surface area contributed by atoms with Crippen LogP contribution in [0.1, 0.15) is 12.0 Å². The van der Waals surface area contributed by atoms with E-state index in [-0.39, 0.29) is 0 Å².